The number of nitrogens with one attached hydrogen (secondary N) is 1. The summed E-state index contributed by atoms with van der Waals surface area (Å²) < 4.78 is 5.00. The predicted octanol–water partition coefficient (Wildman–Crippen LogP) is 0.494. The minimum Gasteiger partial charge on any atom is -0.481 e. The molecule has 16 heavy (non-hydrogen) atoms. The fourth-order valence-corrected chi connectivity index (χ4v) is 2.03. The van der Waals surface area contributed by atoms with Crippen molar-refractivity contribution in [2.75, 3.05) is 13.7 Å². The maximum Gasteiger partial charge on any atom is 0.307 e. The molecular formula is C11H19NO4. The highest BCUT2D eigenvalue weighted by Crippen LogP contribution is 2.58. The molecular weight excluding hydrogens is 210 g/mol. The van der Waals surface area contributed by atoms with Gasteiger partial charge in [0.05, 0.1) is 17.9 Å². The summed E-state index contributed by atoms with van der Waals surface area (Å²) in [6, 6.07) is 0. The summed E-state index contributed by atoms with van der Waals surface area (Å²) >= 11 is 0. The van der Waals surface area contributed by atoms with Crippen LogP contribution in [-0.4, -0.2) is 36.7 Å². The third-order valence-electron chi connectivity index (χ3n) is 3.34. The predicted molar refractivity (Wildman–Crippen MR) is 57.9 cm³/mol. The summed E-state index contributed by atoms with van der Waals surface area (Å²) in [6.07, 6.45) is -0.0610. The number of amides is 1. The molecule has 0 aromatic rings. The molecule has 2 N–H and O–H groups in total. The molecule has 92 valence electrons. The number of hydrogen-bond donors (Lipinski definition) is 2. The summed E-state index contributed by atoms with van der Waals surface area (Å²) in [6.45, 7) is 5.85. The number of aliphatic carboxylic acids is 1. The van der Waals surface area contributed by atoms with Crippen molar-refractivity contribution in [1.82, 2.24) is 5.32 Å². The van der Waals surface area contributed by atoms with Crippen LogP contribution in [0.15, 0.2) is 0 Å². The van der Waals surface area contributed by atoms with Gasteiger partial charge in [0.1, 0.15) is 0 Å². The molecule has 3 atom stereocenters. The Kier molecular flexibility index (Phi) is 3.57. The van der Waals surface area contributed by atoms with E-state index in [9.17, 15) is 9.59 Å². The first-order chi connectivity index (χ1) is 7.32. The van der Waals surface area contributed by atoms with Crippen molar-refractivity contribution in [1.29, 1.82) is 0 Å². The van der Waals surface area contributed by atoms with Crippen molar-refractivity contribution in [2.24, 2.45) is 17.3 Å². The van der Waals surface area contributed by atoms with E-state index < -0.39 is 23.2 Å². The second kappa shape index (κ2) is 4.41. The van der Waals surface area contributed by atoms with Gasteiger partial charge in [-0.2, -0.15) is 0 Å². The molecule has 0 bridgehead atoms. The molecule has 0 spiro atoms. The minimum absolute atomic E-state index is 0.0610. The van der Waals surface area contributed by atoms with E-state index in [0.29, 0.717) is 6.54 Å². The second-order valence-corrected chi connectivity index (χ2v) is 4.91. The Balaban J connectivity index is 2.48. The van der Waals surface area contributed by atoms with Crippen LogP contribution in [0.4, 0.5) is 0 Å². The molecule has 0 aromatic heterocycles. The van der Waals surface area contributed by atoms with Crippen molar-refractivity contribution < 1.29 is 19.4 Å². The van der Waals surface area contributed by atoms with Gasteiger partial charge in [0.15, 0.2) is 0 Å². The fourth-order valence-electron chi connectivity index (χ4n) is 2.03. The monoisotopic (exact) mass is 229 g/mol. The van der Waals surface area contributed by atoms with Crippen LogP contribution in [0.2, 0.25) is 0 Å². The Morgan fingerprint density at radius 1 is 1.44 bits per heavy atom. The maximum absolute atomic E-state index is 11.7. The number of hydrogen-bond acceptors (Lipinski definition) is 3. The number of carbonyl (C=O) groups excluding carboxylic acids is 1. The number of ether oxygens (including phenoxy) is 1. The number of methoxy groups -OCH3 is 1. The van der Waals surface area contributed by atoms with Crippen LogP contribution in [0, 0.1) is 17.3 Å². The quantitative estimate of drug-likeness (QED) is 0.719. The van der Waals surface area contributed by atoms with Gasteiger partial charge >= 0.3 is 5.97 Å². The third-order valence-corrected chi connectivity index (χ3v) is 3.34. The molecule has 1 aliphatic rings. The number of carboxylic acids is 1. The van der Waals surface area contributed by atoms with Gasteiger partial charge in [0.2, 0.25) is 5.91 Å². The topological polar surface area (TPSA) is 75.6 Å². The van der Waals surface area contributed by atoms with Crippen LogP contribution >= 0.6 is 0 Å². The van der Waals surface area contributed by atoms with E-state index in [-0.39, 0.29) is 12.0 Å². The van der Waals surface area contributed by atoms with Crippen molar-refractivity contribution in [2.45, 2.75) is 26.9 Å². The van der Waals surface area contributed by atoms with E-state index in [2.05, 4.69) is 5.32 Å². The van der Waals surface area contributed by atoms with E-state index in [4.69, 9.17) is 9.84 Å². The van der Waals surface area contributed by atoms with E-state index in [1.807, 2.05) is 6.92 Å². The molecule has 3 unspecified atom stereocenters. The summed E-state index contributed by atoms with van der Waals surface area (Å²) in [7, 11) is 1.57. The lowest BCUT2D eigenvalue weighted by atomic mass is 10.1. The first-order valence-electron chi connectivity index (χ1n) is 5.35. The van der Waals surface area contributed by atoms with Gasteiger partial charge < -0.3 is 15.2 Å². The van der Waals surface area contributed by atoms with E-state index in [1.54, 1.807) is 21.0 Å². The Morgan fingerprint density at radius 3 is 2.38 bits per heavy atom. The average molecular weight is 229 g/mol. The van der Waals surface area contributed by atoms with Gasteiger partial charge in [-0.1, -0.05) is 13.8 Å². The van der Waals surface area contributed by atoms with Gasteiger partial charge in [-0.25, -0.2) is 0 Å². The van der Waals surface area contributed by atoms with Crippen LogP contribution in [0.25, 0.3) is 0 Å². The fraction of sp³-hybridized carbons (Fsp3) is 0.818. The standard InChI is InChI=1S/C11H19NO4/c1-6(16-4)5-12-9(13)7-8(10(14)15)11(7,2)3/h6-8H,5H2,1-4H3,(H,12,13)(H,14,15). The molecule has 0 aromatic carbocycles. The van der Waals surface area contributed by atoms with Crippen molar-refractivity contribution in [3.63, 3.8) is 0 Å². The smallest absolute Gasteiger partial charge is 0.307 e. The molecule has 1 fully saturated rings. The molecule has 0 aliphatic heterocycles. The normalized spacial score (nSPS) is 28.2. The van der Waals surface area contributed by atoms with Gasteiger partial charge in [-0.15, -0.1) is 0 Å². The number of carboxylic acid groups (broad SMARTS) is 1. The summed E-state index contributed by atoms with van der Waals surface area (Å²) in [5.41, 5.74) is -0.438. The summed E-state index contributed by atoms with van der Waals surface area (Å²) in [5.74, 6) is -2.08. The van der Waals surface area contributed by atoms with Gasteiger partial charge in [-0.05, 0) is 12.3 Å². The van der Waals surface area contributed by atoms with E-state index in [1.165, 1.54) is 0 Å². The van der Waals surface area contributed by atoms with Crippen LogP contribution in [-0.2, 0) is 14.3 Å². The van der Waals surface area contributed by atoms with E-state index >= 15 is 0 Å². The van der Waals surface area contributed by atoms with Crippen molar-refractivity contribution >= 4 is 11.9 Å². The Bertz CT molecular complexity index is 300. The first-order valence-corrected chi connectivity index (χ1v) is 5.35. The SMILES string of the molecule is COC(C)CNC(=O)C1C(C(=O)O)C1(C)C. The minimum atomic E-state index is -0.898. The van der Waals surface area contributed by atoms with Crippen LogP contribution in [0.1, 0.15) is 20.8 Å². The lowest BCUT2D eigenvalue weighted by Crippen LogP contribution is -2.33. The highest BCUT2D eigenvalue weighted by molar-refractivity contribution is 5.91. The summed E-state index contributed by atoms with van der Waals surface area (Å²) in [4.78, 5) is 22.6. The average Bonchev–Trinajstić information content (AvgIpc) is 2.77. The lowest BCUT2D eigenvalue weighted by molar-refractivity contribution is -0.140. The highest BCUT2D eigenvalue weighted by atomic mass is 16.5. The van der Waals surface area contributed by atoms with Gasteiger partial charge in [0, 0.05) is 13.7 Å². The van der Waals surface area contributed by atoms with Crippen molar-refractivity contribution in [3.05, 3.63) is 0 Å². The molecule has 5 heteroatoms. The van der Waals surface area contributed by atoms with Crippen LogP contribution < -0.4 is 5.32 Å². The zero-order chi connectivity index (χ0) is 12.5. The third kappa shape index (κ3) is 2.35. The van der Waals surface area contributed by atoms with Crippen molar-refractivity contribution in [3.8, 4) is 0 Å². The number of carbonyl (C=O) groups is 2. The molecule has 0 saturated heterocycles. The highest BCUT2D eigenvalue weighted by Gasteiger charge is 2.65. The van der Waals surface area contributed by atoms with Gasteiger partial charge in [-0.3, -0.25) is 9.59 Å². The Hall–Kier alpha value is -1.10. The first kappa shape index (κ1) is 13.0. The molecule has 5 nitrogen and oxygen atoms in total. The molecule has 1 amide bonds. The second-order valence-electron chi connectivity index (χ2n) is 4.91. The van der Waals surface area contributed by atoms with E-state index in [0.717, 1.165) is 0 Å². The zero-order valence-corrected chi connectivity index (χ0v) is 10.1. The van der Waals surface area contributed by atoms with Crippen LogP contribution in [0.5, 0.6) is 0 Å². The molecule has 1 aliphatic carbocycles. The lowest BCUT2D eigenvalue weighted by Gasteiger charge is -2.11. The molecule has 1 saturated carbocycles. The summed E-state index contributed by atoms with van der Waals surface area (Å²) in [5, 5.41) is 11.6. The molecule has 1 rings (SSSR count). The maximum atomic E-state index is 11.7. The van der Waals surface area contributed by atoms with Gasteiger partial charge in [0.25, 0.3) is 0 Å². The molecule has 0 radical (unpaired) electrons. The number of rotatable bonds is 5. The van der Waals surface area contributed by atoms with Crippen LogP contribution in [0.3, 0.4) is 0 Å². The Morgan fingerprint density at radius 2 is 2.00 bits per heavy atom. The Labute approximate surface area is 95.2 Å². The zero-order valence-electron chi connectivity index (χ0n) is 10.1. The molecule has 0 heterocycles. The largest absolute Gasteiger partial charge is 0.481 e.